The predicted molar refractivity (Wildman–Crippen MR) is 111 cm³/mol. The Morgan fingerprint density at radius 3 is 2.41 bits per heavy atom. The fourth-order valence-electron chi connectivity index (χ4n) is 3.56. The number of carbonyl (C=O) groups excluding carboxylic acids is 1. The molecule has 2 aromatic rings. The zero-order valence-corrected chi connectivity index (χ0v) is 17.4. The number of nitrogens with zero attached hydrogens (tertiary/aromatic N) is 1. The van der Waals surface area contributed by atoms with Crippen LogP contribution in [0.4, 0.5) is 0 Å². The van der Waals surface area contributed by atoms with Gasteiger partial charge in [0.2, 0.25) is 5.91 Å². The summed E-state index contributed by atoms with van der Waals surface area (Å²) in [5, 5.41) is 11.6. The van der Waals surface area contributed by atoms with E-state index in [0.29, 0.717) is 16.5 Å². The van der Waals surface area contributed by atoms with E-state index in [2.05, 4.69) is 12.1 Å². The number of carbonyl (C=O) groups is 1. The third kappa shape index (κ3) is 4.48. The van der Waals surface area contributed by atoms with Crippen molar-refractivity contribution < 1.29 is 9.90 Å². The molecule has 0 radical (unpaired) electrons. The average Bonchev–Trinajstić information content (AvgIpc) is 2.96. The molecule has 2 aromatic carbocycles. The molecular weight excluding hydrogens is 381 g/mol. The fourth-order valence-corrected chi connectivity index (χ4v) is 3.96. The maximum Gasteiger partial charge on any atom is 0.230 e. The highest BCUT2D eigenvalue weighted by Gasteiger charge is 2.40. The molecule has 0 spiro atoms. The van der Waals surface area contributed by atoms with E-state index < -0.39 is 11.6 Å². The molecule has 1 saturated heterocycles. The molecule has 1 fully saturated rings. The SMILES string of the molecule is CC(C)(C)C(=O)N1C(O)CC[C@H]1Cc1ccc(-c2cc(Cl)ccc2Cl)cc1. The molecule has 1 unspecified atom stereocenters. The smallest absolute Gasteiger partial charge is 0.230 e. The number of amides is 1. The average molecular weight is 406 g/mol. The molecule has 0 aromatic heterocycles. The van der Waals surface area contributed by atoms with Crippen molar-refractivity contribution in [3.8, 4) is 11.1 Å². The number of aliphatic hydroxyl groups is 1. The molecule has 27 heavy (non-hydrogen) atoms. The molecule has 1 N–H and O–H groups in total. The van der Waals surface area contributed by atoms with Crippen molar-refractivity contribution >= 4 is 29.1 Å². The number of likely N-dealkylation sites (tertiary alicyclic amines) is 1. The van der Waals surface area contributed by atoms with Crippen LogP contribution in [0.2, 0.25) is 10.0 Å². The molecule has 0 saturated carbocycles. The van der Waals surface area contributed by atoms with Gasteiger partial charge < -0.3 is 10.0 Å². The molecule has 3 rings (SSSR count). The first-order valence-corrected chi connectivity index (χ1v) is 9.97. The Kier molecular flexibility index (Phi) is 5.85. The van der Waals surface area contributed by atoms with Gasteiger partial charge >= 0.3 is 0 Å². The summed E-state index contributed by atoms with van der Waals surface area (Å²) in [7, 11) is 0. The Bertz CT molecular complexity index is 827. The summed E-state index contributed by atoms with van der Waals surface area (Å²) in [5.41, 5.74) is 2.52. The van der Waals surface area contributed by atoms with Crippen LogP contribution in [0.5, 0.6) is 0 Å². The third-order valence-electron chi connectivity index (χ3n) is 5.01. The van der Waals surface area contributed by atoms with Gasteiger partial charge in [-0.1, -0.05) is 68.2 Å². The summed E-state index contributed by atoms with van der Waals surface area (Å²) < 4.78 is 0. The highest BCUT2D eigenvalue weighted by atomic mass is 35.5. The number of aliphatic hydroxyl groups excluding tert-OH is 1. The maximum atomic E-state index is 12.7. The zero-order chi connectivity index (χ0) is 19.8. The minimum absolute atomic E-state index is 0.000158. The maximum absolute atomic E-state index is 12.7. The van der Waals surface area contributed by atoms with Gasteiger partial charge in [0.1, 0.15) is 6.23 Å². The second kappa shape index (κ2) is 7.83. The molecular formula is C22H25Cl2NO2. The number of halogens is 2. The predicted octanol–water partition coefficient (Wildman–Crippen LogP) is 5.56. The fraction of sp³-hybridized carbons (Fsp3) is 0.409. The summed E-state index contributed by atoms with van der Waals surface area (Å²) >= 11 is 12.4. The van der Waals surface area contributed by atoms with Crippen LogP contribution in [0.25, 0.3) is 11.1 Å². The van der Waals surface area contributed by atoms with Crippen molar-refractivity contribution in [2.75, 3.05) is 0 Å². The summed E-state index contributed by atoms with van der Waals surface area (Å²) in [6.45, 7) is 5.67. The van der Waals surface area contributed by atoms with E-state index in [1.54, 1.807) is 17.0 Å². The van der Waals surface area contributed by atoms with E-state index in [1.807, 2.05) is 39.0 Å². The Morgan fingerprint density at radius 1 is 1.11 bits per heavy atom. The highest BCUT2D eigenvalue weighted by molar-refractivity contribution is 6.35. The van der Waals surface area contributed by atoms with Crippen LogP contribution in [0.3, 0.4) is 0 Å². The van der Waals surface area contributed by atoms with Gasteiger partial charge in [0.25, 0.3) is 0 Å². The monoisotopic (exact) mass is 405 g/mol. The van der Waals surface area contributed by atoms with E-state index in [9.17, 15) is 9.90 Å². The number of hydrogen-bond donors (Lipinski definition) is 1. The van der Waals surface area contributed by atoms with Gasteiger partial charge in [-0.2, -0.15) is 0 Å². The van der Waals surface area contributed by atoms with Crippen LogP contribution in [0.1, 0.15) is 39.2 Å². The zero-order valence-electron chi connectivity index (χ0n) is 15.9. The molecule has 3 nitrogen and oxygen atoms in total. The van der Waals surface area contributed by atoms with Crippen molar-refractivity contribution in [3.63, 3.8) is 0 Å². The van der Waals surface area contributed by atoms with Crippen LogP contribution < -0.4 is 0 Å². The lowest BCUT2D eigenvalue weighted by atomic mass is 9.93. The largest absolute Gasteiger partial charge is 0.374 e. The van der Waals surface area contributed by atoms with Gasteiger partial charge in [-0.3, -0.25) is 4.79 Å². The second-order valence-corrected chi connectivity index (χ2v) is 9.04. The van der Waals surface area contributed by atoms with E-state index in [0.717, 1.165) is 29.5 Å². The van der Waals surface area contributed by atoms with Crippen molar-refractivity contribution in [3.05, 3.63) is 58.1 Å². The van der Waals surface area contributed by atoms with Crippen molar-refractivity contribution in [2.24, 2.45) is 5.41 Å². The van der Waals surface area contributed by atoms with Gasteiger partial charge in [-0.05, 0) is 48.6 Å². The summed E-state index contributed by atoms with van der Waals surface area (Å²) in [5.74, 6) is -0.000158. The van der Waals surface area contributed by atoms with Crippen LogP contribution in [0, 0.1) is 5.41 Å². The lowest BCUT2D eigenvalue weighted by Crippen LogP contribution is -2.47. The number of benzene rings is 2. The first-order valence-electron chi connectivity index (χ1n) is 9.22. The van der Waals surface area contributed by atoms with Gasteiger partial charge in [-0.25, -0.2) is 0 Å². The second-order valence-electron chi connectivity index (χ2n) is 8.20. The first kappa shape index (κ1) is 20.2. The number of rotatable bonds is 3. The van der Waals surface area contributed by atoms with Gasteiger partial charge in [0, 0.05) is 27.1 Å². The summed E-state index contributed by atoms with van der Waals surface area (Å²) in [4.78, 5) is 14.4. The van der Waals surface area contributed by atoms with E-state index >= 15 is 0 Å². The molecule has 1 amide bonds. The minimum atomic E-state index is -0.689. The topological polar surface area (TPSA) is 40.5 Å². The molecule has 5 heteroatoms. The molecule has 1 heterocycles. The number of hydrogen-bond acceptors (Lipinski definition) is 2. The molecule has 1 aliphatic rings. The van der Waals surface area contributed by atoms with Crippen molar-refractivity contribution in [1.82, 2.24) is 4.90 Å². The van der Waals surface area contributed by atoms with Crippen LogP contribution in [0.15, 0.2) is 42.5 Å². The van der Waals surface area contributed by atoms with Crippen LogP contribution >= 0.6 is 23.2 Å². The Labute approximate surface area is 170 Å². The molecule has 0 bridgehead atoms. The normalized spacial score (nSPS) is 20.1. The molecule has 0 aliphatic carbocycles. The van der Waals surface area contributed by atoms with Crippen LogP contribution in [-0.2, 0) is 11.2 Å². The highest BCUT2D eigenvalue weighted by Crippen LogP contribution is 2.33. The quantitative estimate of drug-likeness (QED) is 0.725. The van der Waals surface area contributed by atoms with E-state index in [1.165, 1.54) is 0 Å². The van der Waals surface area contributed by atoms with E-state index in [4.69, 9.17) is 23.2 Å². The Balaban J connectivity index is 1.78. The summed E-state index contributed by atoms with van der Waals surface area (Å²) in [6, 6.07) is 13.6. The minimum Gasteiger partial charge on any atom is -0.374 e. The lowest BCUT2D eigenvalue weighted by Gasteiger charge is -2.33. The first-order chi connectivity index (χ1) is 12.7. The third-order valence-corrected chi connectivity index (χ3v) is 5.58. The molecule has 1 aliphatic heterocycles. The summed E-state index contributed by atoms with van der Waals surface area (Å²) in [6.07, 6.45) is 1.47. The molecule has 2 atom stereocenters. The van der Waals surface area contributed by atoms with Gasteiger partial charge in [-0.15, -0.1) is 0 Å². The van der Waals surface area contributed by atoms with Crippen molar-refractivity contribution in [2.45, 2.75) is 52.3 Å². The van der Waals surface area contributed by atoms with E-state index in [-0.39, 0.29) is 11.9 Å². The van der Waals surface area contributed by atoms with Crippen molar-refractivity contribution in [1.29, 1.82) is 0 Å². The Hall–Kier alpha value is -1.55. The van der Waals surface area contributed by atoms with Gasteiger partial charge in [0.05, 0.1) is 0 Å². The lowest BCUT2D eigenvalue weighted by molar-refractivity contribution is -0.149. The van der Waals surface area contributed by atoms with Crippen LogP contribution in [-0.4, -0.2) is 28.2 Å². The Morgan fingerprint density at radius 2 is 1.78 bits per heavy atom. The van der Waals surface area contributed by atoms with Gasteiger partial charge in [0.15, 0.2) is 0 Å². The molecule has 144 valence electrons. The standard InChI is InChI=1S/C22H25Cl2NO2/c1-22(2,3)21(27)25-17(9-11-20(25)26)12-14-4-6-15(7-5-14)18-13-16(23)8-10-19(18)24/h4-8,10,13,17,20,26H,9,11-12H2,1-3H3/t17-,20?/m0/s1.